The topological polar surface area (TPSA) is 75.5 Å². The highest BCUT2D eigenvalue weighted by Crippen LogP contribution is 2.12. The Balaban J connectivity index is 1.36. The van der Waals surface area contributed by atoms with Crippen LogP contribution >= 0.6 is 0 Å². The molecule has 2 N–H and O–H groups in total. The zero-order valence-corrected chi connectivity index (χ0v) is 15.7. The lowest BCUT2D eigenvalue weighted by Crippen LogP contribution is -2.26. The number of carbonyl (C=O) groups excluding carboxylic acids is 2. The second-order valence-electron chi connectivity index (χ2n) is 6.60. The number of hydrogen-bond donors (Lipinski definition) is 2. The van der Waals surface area contributed by atoms with Crippen LogP contribution in [0.25, 0.3) is 5.65 Å². The summed E-state index contributed by atoms with van der Waals surface area (Å²) in [5.41, 5.74) is 2.58. The van der Waals surface area contributed by atoms with Crippen molar-refractivity contribution in [3.8, 4) is 0 Å². The molecule has 28 heavy (non-hydrogen) atoms. The van der Waals surface area contributed by atoms with Crippen molar-refractivity contribution in [1.29, 1.82) is 0 Å². The van der Waals surface area contributed by atoms with Gasteiger partial charge in [-0.25, -0.2) is 9.37 Å². The van der Waals surface area contributed by atoms with Crippen LogP contribution in [0.1, 0.15) is 41.9 Å². The van der Waals surface area contributed by atoms with Crippen molar-refractivity contribution in [3.05, 3.63) is 65.9 Å². The van der Waals surface area contributed by atoms with E-state index in [0.717, 1.165) is 24.9 Å². The molecule has 146 valence electrons. The molecule has 3 rings (SSSR count). The highest BCUT2D eigenvalue weighted by Gasteiger charge is 2.15. The van der Waals surface area contributed by atoms with E-state index < -0.39 is 0 Å². The smallest absolute Gasteiger partial charge is 0.270 e. The van der Waals surface area contributed by atoms with Crippen molar-refractivity contribution in [3.63, 3.8) is 0 Å². The molecule has 0 spiro atoms. The van der Waals surface area contributed by atoms with Gasteiger partial charge in [0.15, 0.2) is 0 Å². The number of anilines is 1. The fourth-order valence-electron chi connectivity index (χ4n) is 3.02. The van der Waals surface area contributed by atoms with Gasteiger partial charge in [-0.15, -0.1) is 0 Å². The van der Waals surface area contributed by atoms with Crippen molar-refractivity contribution >= 4 is 23.1 Å². The average Bonchev–Trinajstić information content (AvgIpc) is 3.02. The lowest BCUT2D eigenvalue weighted by molar-refractivity contribution is -0.116. The molecule has 1 aromatic carbocycles. The van der Waals surface area contributed by atoms with Crippen LogP contribution in [-0.2, 0) is 4.79 Å². The number of aryl methyl sites for hydroxylation is 1. The Morgan fingerprint density at radius 3 is 2.64 bits per heavy atom. The zero-order valence-electron chi connectivity index (χ0n) is 15.7. The van der Waals surface area contributed by atoms with E-state index in [1.807, 2.05) is 31.3 Å². The number of unbranched alkanes of at least 4 members (excludes halogenated alkanes) is 2. The molecule has 0 aliphatic carbocycles. The molecule has 2 heterocycles. The van der Waals surface area contributed by atoms with E-state index in [0.29, 0.717) is 30.0 Å². The first kappa shape index (κ1) is 19.5. The number of aromatic nitrogens is 2. The number of nitrogens with one attached hydrogen (secondary N) is 2. The first-order chi connectivity index (χ1) is 13.5. The standard InChI is InChI=1S/C21H23FN4O2/c1-15-20(26-14-6-4-7-18(26)24-15)21(28)23-13-5-2-3-8-19(27)25-17-11-9-16(22)10-12-17/h4,6-7,9-12,14H,2-3,5,8,13H2,1H3,(H,23,28)(H,25,27). The largest absolute Gasteiger partial charge is 0.351 e. The maximum absolute atomic E-state index is 12.8. The highest BCUT2D eigenvalue weighted by atomic mass is 19.1. The second kappa shape index (κ2) is 9.12. The van der Waals surface area contributed by atoms with Gasteiger partial charge in [0.1, 0.15) is 17.2 Å². The lowest BCUT2D eigenvalue weighted by atomic mass is 10.2. The Morgan fingerprint density at radius 1 is 1.07 bits per heavy atom. The van der Waals surface area contributed by atoms with Gasteiger partial charge in [-0.2, -0.15) is 0 Å². The normalized spacial score (nSPS) is 10.8. The number of halogens is 1. The van der Waals surface area contributed by atoms with Crippen LogP contribution < -0.4 is 10.6 Å². The SMILES string of the molecule is Cc1nc2ccccn2c1C(=O)NCCCCCC(=O)Nc1ccc(F)cc1. The van der Waals surface area contributed by atoms with Crippen molar-refractivity contribution < 1.29 is 14.0 Å². The number of amides is 2. The Morgan fingerprint density at radius 2 is 1.86 bits per heavy atom. The van der Waals surface area contributed by atoms with Crippen LogP contribution in [-0.4, -0.2) is 27.7 Å². The summed E-state index contributed by atoms with van der Waals surface area (Å²) in [4.78, 5) is 28.7. The van der Waals surface area contributed by atoms with E-state index in [1.165, 1.54) is 24.3 Å². The van der Waals surface area contributed by atoms with E-state index in [1.54, 1.807) is 4.40 Å². The Kier molecular flexibility index (Phi) is 6.37. The lowest BCUT2D eigenvalue weighted by Gasteiger charge is -2.07. The molecule has 6 nitrogen and oxygen atoms in total. The maximum atomic E-state index is 12.8. The van der Waals surface area contributed by atoms with Crippen LogP contribution in [0.4, 0.5) is 10.1 Å². The van der Waals surface area contributed by atoms with Gasteiger partial charge in [0.25, 0.3) is 5.91 Å². The van der Waals surface area contributed by atoms with Crippen LogP contribution in [0, 0.1) is 12.7 Å². The van der Waals surface area contributed by atoms with E-state index in [2.05, 4.69) is 15.6 Å². The number of imidazole rings is 1. The molecule has 0 unspecified atom stereocenters. The van der Waals surface area contributed by atoms with E-state index >= 15 is 0 Å². The van der Waals surface area contributed by atoms with Gasteiger partial charge < -0.3 is 10.6 Å². The highest BCUT2D eigenvalue weighted by molar-refractivity contribution is 5.94. The molecule has 0 aliphatic rings. The molecular weight excluding hydrogens is 359 g/mol. The maximum Gasteiger partial charge on any atom is 0.270 e. The minimum atomic E-state index is -0.334. The molecule has 0 fully saturated rings. The van der Waals surface area contributed by atoms with Crippen LogP contribution in [0.2, 0.25) is 0 Å². The summed E-state index contributed by atoms with van der Waals surface area (Å²) < 4.78 is 14.6. The average molecular weight is 382 g/mol. The molecule has 0 atom stereocenters. The number of rotatable bonds is 8. The third-order valence-electron chi connectivity index (χ3n) is 4.41. The quantitative estimate of drug-likeness (QED) is 0.583. The summed E-state index contributed by atoms with van der Waals surface area (Å²) in [5, 5.41) is 5.65. The number of benzene rings is 1. The van der Waals surface area contributed by atoms with Gasteiger partial charge >= 0.3 is 0 Å². The minimum Gasteiger partial charge on any atom is -0.351 e. The summed E-state index contributed by atoms with van der Waals surface area (Å²) in [6, 6.07) is 11.3. The van der Waals surface area contributed by atoms with Gasteiger partial charge in [-0.1, -0.05) is 12.5 Å². The van der Waals surface area contributed by atoms with Gasteiger partial charge in [-0.3, -0.25) is 14.0 Å². The molecule has 2 amide bonds. The number of nitrogens with zero attached hydrogens (tertiary/aromatic N) is 2. The summed E-state index contributed by atoms with van der Waals surface area (Å²) in [6.07, 6.45) is 4.54. The molecule has 0 radical (unpaired) electrons. The first-order valence-corrected chi connectivity index (χ1v) is 9.32. The number of pyridine rings is 1. The molecule has 0 saturated carbocycles. The molecule has 0 saturated heterocycles. The number of carbonyl (C=O) groups is 2. The van der Waals surface area contributed by atoms with Crippen LogP contribution in [0.15, 0.2) is 48.7 Å². The minimum absolute atomic E-state index is 0.100. The van der Waals surface area contributed by atoms with Crippen molar-refractivity contribution in [2.45, 2.75) is 32.6 Å². The molecule has 2 aromatic heterocycles. The molecule has 0 aliphatic heterocycles. The van der Waals surface area contributed by atoms with E-state index in [4.69, 9.17) is 0 Å². The summed E-state index contributed by atoms with van der Waals surface area (Å²) in [7, 11) is 0. The van der Waals surface area contributed by atoms with E-state index in [-0.39, 0.29) is 17.6 Å². The molecule has 3 aromatic rings. The zero-order chi connectivity index (χ0) is 19.9. The molecular formula is C21H23FN4O2. The fraction of sp³-hybridized carbons (Fsp3) is 0.286. The molecule has 0 bridgehead atoms. The Bertz CT molecular complexity index is 966. The van der Waals surface area contributed by atoms with Crippen LogP contribution in [0.5, 0.6) is 0 Å². The van der Waals surface area contributed by atoms with Crippen molar-refractivity contribution in [2.24, 2.45) is 0 Å². The summed E-state index contributed by atoms with van der Waals surface area (Å²) in [6.45, 7) is 2.36. The predicted molar refractivity (Wildman–Crippen MR) is 106 cm³/mol. The van der Waals surface area contributed by atoms with Gasteiger partial charge in [0, 0.05) is 24.8 Å². The molecule has 7 heteroatoms. The first-order valence-electron chi connectivity index (χ1n) is 9.32. The summed E-state index contributed by atoms with van der Waals surface area (Å²) >= 11 is 0. The fourth-order valence-corrected chi connectivity index (χ4v) is 3.02. The van der Waals surface area contributed by atoms with E-state index in [9.17, 15) is 14.0 Å². The number of fused-ring (bicyclic) bond motifs is 1. The number of hydrogen-bond acceptors (Lipinski definition) is 3. The van der Waals surface area contributed by atoms with Crippen molar-refractivity contribution in [2.75, 3.05) is 11.9 Å². The third kappa shape index (κ3) is 4.94. The monoisotopic (exact) mass is 382 g/mol. The third-order valence-corrected chi connectivity index (χ3v) is 4.41. The predicted octanol–water partition coefficient (Wildman–Crippen LogP) is 3.71. The van der Waals surface area contributed by atoms with Gasteiger partial charge in [0.05, 0.1) is 5.69 Å². The Hall–Kier alpha value is -3.22. The van der Waals surface area contributed by atoms with Gasteiger partial charge in [-0.05, 0) is 56.2 Å². The second-order valence-corrected chi connectivity index (χ2v) is 6.60. The van der Waals surface area contributed by atoms with Gasteiger partial charge in [0.2, 0.25) is 5.91 Å². The van der Waals surface area contributed by atoms with Crippen molar-refractivity contribution in [1.82, 2.24) is 14.7 Å². The Labute approximate surface area is 162 Å². The summed E-state index contributed by atoms with van der Waals surface area (Å²) in [5.74, 6) is -0.582. The van der Waals surface area contributed by atoms with Crippen LogP contribution in [0.3, 0.4) is 0 Å².